The number of aryl methyl sites for hydroxylation is 1. The minimum atomic E-state index is -3.36. The van der Waals surface area contributed by atoms with Gasteiger partial charge in [0.2, 0.25) is 10.0 Å². The number of pyridine rings is 1. The van der Waals surface area contributed by atoms with Crippen molar-refractivity contribution in [1.82, 2.24) is 9.29 Å². The van der Waals surface area contributed by atoms with E-state index in [2.05, 4.69) is 4.98 Å². The summed E-state index contributed by atoms with van der Waals surface area (Å²) in [6, 6.07) is 3.57. The van der Waals surface area contributed by atoms with Gasteiger partial charge in [0.15, 0.2) is 0 Å². The van der Waals surface area contributed by atoms with Crippen molar-refractivity contribution in [2.45, 2.75) is 19.8 Å². The van der Waals surface area contributed by atoms with Crippen LogP contribution in [0, 0.1) is 0 Å². The molecule has 0 aliphatic carbocycles. The Morgan fingerprint density at radius 1 is 1.35 bits per heavy atom. The van der Waals surface area contributed by atoms with Gasteiger partial charge in [-0.05, 0) is 31.0 Å². The summed E-state index contributed by atoms with van der Waals surface area (Å²) in [5.74, 6) is -0.375. The maximum atomic E-state index is 12.0. The van der Waals surface area contributed by atoms with E-state index in [0.29, 0.717) is 13.0 Å². The summed E-state index contributed by atoms with van der Waals surface area (Å²) in [7, 11) is -1.89. The van der Waals surface area contributed by atoms with Crippen molar-refractivity contribution in [3.8, 4) is 0 Å². The van der Waals surface area contributed by atoms with Crippen LogP contribution in [0.15, 0.2) is 24.5 Å². The monoisotopic (exact) mass is 300 g/mol. The normalized spacial score (nSPS) is 11.6. The predicted octanol–water partition coefficient (Wildman–Crippen LogP) is 0.839. The van der Waals surface area contributed by atoms with Gasteiger partial charge in [0, 0.05) is 26.0 Å². The molecule has 0 unspecified atom stereocenters. The molecule has 0 fully saturated rings. The van der Waals surface area contributed by atoms with Gasteiger partial charge in [0.25, 0.3) is 0 Å². The van der Waals surface area contributed by atoms with E-state index in [1.807, 2.05) is 0 Å². The second kappa shape index (κ2) is 7.96. The molecule has 20 heavy (non-hydrogen) atoms. The van der Waals surface area contributed by atoms with Crippen molar-refractivity contribution in [3.05, 3.63) is 30.1 Å². The molecule has 0 radical (unpaired) electrons. The lowest BCUT2D eigenvalue weighted by atomic mass is 10.2. The van der Waals surface area contributed by atoms with Crippen LogP contribution in [0.5, 0.6) is 0 Å². The molecule has 0 aromatic carbocycles. The standard InChI is InChI=1S/C13H20N2O4S/c1-3-19-13(16)6-10-15(2)20(17,18)11-7-12-4-8-14-9-5-12/h4-5,8-9H,3,6-7,10-11H2,1-2H3. The molecule has 6 nitrogen and oxygen atoms in total. The molecule has 1 aromatic rings. The molecule has 112 valence electrons. The van der Waals surface area contributed by atoms with E-state index in [0.717, 1.165) is 5.56 Å². The number of sulfonamides is 1. The zero-order valence-corrected chi connectivity index (χ0v) is 12.6. The fourth-order valence-electron chi connectivity index (χ4n) is 1.57. The summed E-state index contributed by atoms with van der Waals surface area (Å²) in [4.78, 5) is 15.1. The largest absolute Gasteiger partial charge is 0.466 e. The Labute approximate surface area is 119 Å². The van der Waals surface area contributed by atoms with Crippen LogP contribution in [-0.2, 0) is 26.0 Å². The predicted molar refractivity (Wildman–Crippen MR) is 75.6 cm³/mol. The summed E-state index contributed by atoms with van der Waals surface area (Å²) < 4.78 is 30.0. The summed E-state index contributed by atoms with van der Waals surface area (Å²) in [5, 5.41) is 0. The Hall–Kier alpha value is -1.47. The van der Waals surface area contributed by atoms with Crippen molar-refractivity contribution in [3.63, 3.8) is 0 Å². The molecule has 1 heterocycles. The first-order valence-corrected chi connectivity index (χ1v) is 8.05. The quantitative estimate of drug-likeness (QED) is 0.665. The number of hydrogen-bond donors (Lipinski definition) is 0. The molecule has 0 aliphatic rings. The molecule has 0 N–H and O–H groups in total. The lowest BCUT2D eigenvalue weighted by Gasteiger charge is -2.16. The van der Waals surface area contributed by atoms with Crippen molar-refractivity contribution < 1.29 is 17.9 Å². The Bertz CT molecular complexity index is 516. The molecule has 0 aliphatic heterocycles. The lowest BCUT2D eigenvalue weighted by Crippen LogP contribution is -2.32. The van der Waals surface area contributed by atoms with Crippen molar-refractivity contribution in [2.75, 3.05) is 26.0 Å². The van der Waals surface area contributed by atoms with Gasteiger partial charge in [-0.15, -0.1) is 0 Å². The zero-order valence-electron chi connectivity index (χ0n) is 11.8. The fraction of sp³-hybridized carbons (Fsp3) is 0.538. The van der Waals surface area contributed by atoms with Crippen LogP contribution < -0.4 is 0 Å². The third-order valence-corrected chi connectivity index (χ3v) is 4.66. The first kappa shape index (κ1) is 16.6. The summed E-state index contributed by atoms with van der Waals surface area (Å²) in [6.07, 6.45) is 3.76. The number of carbonyl (C=O) groups is 1. The van der Waals surface area contributed by atoms with Crippen LogP contribution >= 0.6 is 0 Å². The van der Waals surface area contributed by atoms with E-state index < -0.39 is 10.0 Å². The van der Waals surface area contributed by atoms with E-state index >= 15 is 0 Å². The maximum Gasteiger partial charge on any atom is 0.307 e. The van der Waals surface area contributed by atoms with Crippen LogP contribution in [0.4, 0.5) is 0 Å². The van der Waals surface area contributed by atoms with E-state index in [1.54, 1.807) is 31.5 Å². The molecule has 0 amide bonds. The molecule has 1 rings (SSSR count). The third-order valence-electron chi connectivity index (χ3n) is 2.81. The Balaban J connectivity index is 2.45. The maximum absolute atomic E-state index is 12.0. The minimum absolute atomic E-state index is 0.0103. The minimum Gasteiger partial charge on any atom is -0.466 e. The molecule has 0 saturated heterocycles. The van der Waals surface area contributed by atoms with Crippen molar-refractivity contribution >= 4 is 16.0 Å². The van der Waals surface area contributed by atoms with Crippen molar-refractivity contribution in [1.29, 1.82) is 0 Å². The third kappa shape index (κ3) is 5.66. The van der Waals surface area contributed by atoms with Crippen LogP contribution in [0.1, 0.15) is 18.9 Å². The number of hydrogen-bond acceptors (Lipinski definition) is 5. The first-order chi connectivity index (χ1) is 9.45. The highest BCUT2D eigenvalue weighted by molar-refractivity contribution is 7.89. The van der Waals surface area contributed by atoms with Gasteiger partial charge in [-0.3, -0.25) is 9.78 Å². The molecular weight excluding hydrogens is 280 g/mol. The van der Waals surface area contributed by atoms with Gasteiger partial charge in [0.1, 0.15) is 0 Å². The van der Waals surface area contributed by atoms with E-state index in [1.165, 1.54) is 11.4 Å². The highest BCUT2D eigenvalue weighted by Gasteiger charge is 2.18. The topological polar surface area (TPSA) is 76.6 Å². The molecule has 0 spiro atoms. The van der Waals surface area contributed by atoms with Crippen LogP contribution in [0.3, 0.4) is 0 Å². The highest BCUT2D eigenvalue weighted by Crippen LogP contribution is 2.05. The average Bonchev–Trinajstić information content (AvgIpc) is 2.44. The number of rotatable bonds is 8. The van der Waals surface area contributed by atoms with E-state index in [4.69, 9.17) is 4.74 Å². The molecule has 0 saturated carbocycles. The van der Waals surface area contributed by atoms with Gasteiger partial charge in [-0.1, -0.05) is 0 Å². The van der Waals surface area contributed by atoms with Gasteiger partial charge in [-0.2, -0.15) is 0 Å². The first-order valence-electron chi connectivity index (χ1n) is 6.44. The Kier molecular flexibility index (Phi) is 6.60. The Morgan fingerprint density at radius 3 is 2.60 bits per heavy atom. The van der Waals surface area contributed by atoms with E-state index in [-0.39, 0.29) is 24.7 Å². The van der Waals surface area contributed by atoms with Crippen LogP contribution in [0.2, 0.25) is 0 Å². The number of carbonyl (C=O) groups excluding carboxylic acids is 1. The summed E-state index contributed by atoms with van der Waals surface area (Å²) >= 11 is 0. The Morgan fingerprint density at radius 2 is 2.00 bits per heavy atom. The molecule has 0 bridgehead atoms. The smallest absolute Gasteiger partial charge is 0.307 e. The van der Waals surface area contributed by atoms with Gasteiger partial charge in [-0.25, -0.2) is 12.7 Å². The van der Waals surface area contributed by atoms with Gasteiger partial charge < -0.3 is 4.74 Å². The molecule has 0 atom stereocenters. The summed E-state index contributed by atoms with van der Waals surface area (Å²) in [6.45, 7) is 2.15. The van der Waals surface area contributed by atoms with E-state index in [9.17, 15) is 13.2 Å². The second-order valence-corrected chi connectivity index (χ2v) is 6.49. The number of esters is 1. The van der Waals surface area contributed by atoms with Crippen LogP contribution in [-0.4, -0.2) is 49.6 Å². The molecular formula is C13H20N2O4S. The van der Waals surface area contributed by atoms with Gasteiger partial charge in [0.05, 0.1) is 18.8 Å². The number of nitrogens with zero attached hydrogens (tertiary/aromatic N) is 2. The molecule has 7 heteroatoms. The van der Waals surface area contributed by atoms with Crippen molar-refractivity contribution in [2.24, 2.45) is 0 Å². The number of aromatic nitrogens is 1. The number of ether oxygens (including phenoxy) is 1. The fourth-order valence-corrected chi connectivity index (χ4v) is 2.75. The second-order valence-electron chi connectivity index (χ2n) is 4.30. The average molecular weight is 300 g/mol. The zero-order chi connectivity index (χ0) is 15.0. The SMILES string of the molecule is CCOC(=O)CCN(C)S(=O)(=O)CCc1ccncc1. The van der Waals surface area contributed by atoms with Crippen LogP contribution in [0.25, 0.3) is 0 Å². The lowest BCUT2D eigenvalue weighted by molar-refractivity contribution is -0.143. The molecule has 1 aromatic heterocycles. The highest BCUT2D eigenvalue weighted by atomic mass is 32.2. The van der Waals surface area contributed by atoms with Gasteiger partial charge >= 0.3 is 5.97 Å². The summed E-state index contributed by atoms with van der Waals surface area (Å²) in [5.41, 5.74) is 0.919.